The number of hydrogen-bond donors (Lipinski definition) is 0. The zero-order valence-electron chi connectivity index (χ0n) is 15.4. The van der Waals surface area contributed by atoms with Crippen molar-refractivity contribution in [1.29, 1.82) is 0 Å². The molecule has 0 radical (unpaired) electrons. The maximum Gasteiger partial charge on any atom is 0.256 e. The Morgan fingerprint density at radius 3 is 2.65 bits per heavy atom. The number of carbonyl (C=O) groups excluding carboxylic acids is 1. The molecule has 26 heavy (non-hydrogen) atoms. The maximum atomic E-state index is 13.6. The molecule has 3 saturated heterocycles. The third-order valence-corrected chi connectivity index (χ3v) is 7.44. The molecule has 5 aliphatic rings. The van der Waals surface area contributed by atoms with E-state index >= 15 is 0 Å². The Bertz CT molecular complexity index is 890. The quantitative estimate of drug-likeness (QED) is 0.792. The number of aryl methyl sites for hydroxylation is 2. The van der Waals surface area contributed by atoms with Crippen molar-refractivity contribution in [2.24, 2.45) is 5.92 Å². The third-order valence-electron chi connectivity index (χ3n) is 7.44. The molecule has 2 aromatic rings. The number of rotatable bonds is 1. The van der Waals surface area contributed by atoms with E-state index in [1.54, 1.807) is 0 Å². The zero-order chi connectivity index (χ0) is 17.3. The van der Waals surface area contributed by atoms with Gasteiger partial charge in [0.15, 0.2) is 0 Å². The number of amides is 1. The zero-order valence-corrected chi connectivity index (χ0v) is 15.4. The number of benzene rings is 1. The number of hydrogen-bond acceptors (Lipinski definition) is 2. The Morgan fingerprint density at radius 2 is 1.85 bits per heavy atom. The molecule has 1 amide bonds. The van der Waals surface area contributed by atoms with Gasteiger partial charge in [-0.25, -0.2) is 0 Å². The summed E-state index contributed by atoms with van der Waals surface area (Å²) < 4.78 is 2.50. The molecule has 7 rings (SSSR count). The van der Waals surface area contributed by atoms with Gasteiger partial charge < -0.3 is 14.4 Å². The van der Waals surface area contributed by atoms with Gasteiger partial charge in [-0.05, 0) is 56.7 Å². The van der Waals surface area contributed by atoms with Gasteiger partial charge in [-0.2, -0.15) is 0 Å². The molecule has 5 aliphatic heterocycles. The fraction of sp³-hybridized carbons (Fsp3) is 0.591. The lowest BCUT2D eigenvalue weighted by Crippen LogP contribution is -2.59. The highest BCUT2D eigenvalue weighted by molar-refractivity contribution is 6.10. The third kappa shape index (κ3) is 2.02. The number of nitrogens with zero attached hydrogens (tertiary/aromatic N) is 3. The summed E-state index contributed by atoms with van der Waals surface area (Å²) >= 11 is 0. The molecule has 1 unspecified atom stereocenters. The summed E-state index contributed by atoms with van der Waals surface area (Å²) in [5.41, 5.74) is 5.15. The highest BCUT2D eigenvalue weighted by Crippen LogP contribution is 2.38. The van der Waals surface area contributed by atoms with E-state index in [-0.39, 0.29) is 0 Å². The van der Waals surface area contributed by atoms with Crippen LogP contribution in [0.2, 0.25) is 0 Å². The van der Waals surface area contributed by atoms with Crippen LogP contribution in [-0.4, -0.2) is 52.5 Å². The van der Waals surface area contributed by atoms with E-state index in [1.165, 1.54) is 60.9 Å². The van der Waals surface area contributed by atoms with E-state index in [9.17, 15) is 4.79 Å². The lowest BCUT2D eigenvalue weighted by Gasteiger charge is -2.49. The highest BCUT2D eigenvalue weighted by Gasteiger charge is 2.42. The van der Waals surface area contributed by atoms with E-state index in [0.29, 0.717) is 17.9 Å². The normalized spacial score (nSPS) is 30.5. The van der Waals surface area contributed by atoms with E-state index in [0.717, 1.165) is 38.0 Å². The SMILES string of the molecule is O=C1c2c(n3c4c(cccc24)CCCC3)CCN1C1CN2CCC1CC2. The number of para-hydroxylation sites is 1. The summed E-state index contributed by atoms with van der Waals surface area (Å²) in [5.74, 6) is 1.03. The Morgan fingerprint density at radius 1 is 0.962 bits per heavy atom. The van der Waals surface area contributed by atoms with Crippen molar-refractivity contribution in [2.75, 3.05) is 26.2 Å². The summed E-state index contributed by atoms with van der Waals surface area (Å²) in [5, 5.41) is 1.22. The molecular weight excluding hydrogens is 322 g/mol. The van der Waals surface area contributed by atoms with Crippen LogP contribution in [0.4, 0.5) is 0 Å². The van der Waals surface area contributed by atoms with E-state index < -0.39 is 0 Å². The Balaban J connectivity index is 1.46. The second-order valence-corrected chi connectivity index (χ2v) is 8.70. The maximum absolute atomic E-state index is 13.6. The van der Waals surface area contributed by atoms with Gasteiger partial charge in [0.05, 0.1) is 11.1 Å². The molecule has 1 aromatic heterocycles. The molecule has 0 N–H and O–H groups in total. The molecular formula is C22H27N3O. The molecule has 1 aromatic carbocycles. The van der Waals surface area contributed by atoms with E-state index in [2.05, 4.69) is 32.6 Å². The van der Waals surface area contributed by atoms with Gasteiger partial charge in [0.25, 0.3) is 5.91 Å². The monoisotopic (exact) mass is 349 g/mol. The van der Waals surface area contributed by atoms with Crippen LogP contribution in [0, 0.1) is 5.92 Å². The van der Waals surface area contributed by atoms with Gasteiger partial charge in [-0.3, -0.25) is 4.79 Å². The average Bonchev–Trinajstić information content (AvgIpc) is 2.85. The lowest BCUT2D eigenvalue weighted by atomic mass is 9.82. The van der Waals surface area contributed by atoms with Crippen molar-refractivity contribution in [2.45, 2.75) is 51.1 Å². The molecule has 0 spiro atoms. The first-order valence-corrected chi connectivity index (χ1v) is 10.5. The van der Waals surface area contributed by atoms with Crippen LogP contribution >= 0.6 is 0 Å². The predicted octanol–water partition coefficient (Wildman–Crippen LogP) is 3.07. The van der Waals surface area contributed by atoms with Crippen LogP contribution in [0.25, 0.3) is 10.9 Å². The van der Waals surface area contributed by atoms with Crippen LogP contribution in [0.3, 0.4) is 0 Å². The fourth-order valence-corrected chi connectivity index (χ4v) is 6.14. The van der Waals surface area contributed by atoms with Gasteiger partial charge >= 0.3 is 0 Å². The lowest BCUT2D eigenvalue weighted by molar-refractivity contribution is 0.00596. The predicted molar refractivity (Wildman–Crippen MR) is 103 cm³/mol. The van der Waals surface area contributed by atoms with Crippen molar-refractivity contribution in [3.05, 3.63) is 35.0 Å². The molecule has 6 heterocycles. The topological polar surface area (TPSA) is 28.5 Å². The van der Waals surface area contributed by atoms with Gasteiger partial charge in [-0.1, -0.05) is 18.2 Å². The minimum Gasteiger partial charge on any atom is -0.343 e. The summed E-state index contributed by atoms with van der Waals surface area (Å²) in [6.07, 6.45) is 7.20. The van der Waals surface area contributed by atoms with Gasteiger partial charge in [0.2, 0.25) is 0 Å². The molecule has 3 fully saturated rings. The van der Waals surface area contributed by atoms with Crippen LogP contribution in [0.1, 0.15) is 47.3 Å². The first-order valence-electron chi connectivity index (χ1n) is 10.5. The molecule has 4 heteroatoms. The number of piperidine rings is 3. The van der Waals surface area contributed by atoms with Gasteiger partial charge in [-0.15, -0.1) is 0 Å². The van der Waals surface area contributed by atoms with Crippen LogP contribution < -0.4 is 0 Å². The molecule has 136 valence electrons. The molecule has 0 aliphatic carbocycles. The fourth-order valence-electron chi connectivity index (χ4n) is 6.14. The van der Waals surface area contributed by atoms with Crippen molar-refractivity contribution in [1.82, 2.24) is 14.4 Å². The van der Waals surface area contributed by atoms with Gasteiger partial charge in [0, 0.05) is 43.2 Å². The number of carbonyl (C=O) groups is 1. The highest BCUT2D eigenvalue weighted by atomic mass is 16.2. The van der Waals surface area contributed by atoms with Crippen molar-refractivity contribution >= 4 is 16.8 Å². The Hall–Kier alpha value is -1.81. The van der Waals surface area contributed by atoms with Crippen molar-refractivity contribution in [3.8, 4) is 0 Å². The average molecular weight is 349 g/mol. The van der Waals surface area contributed by atoms with Crippen molar-refractivity contribution < 1.29 is 4.79 Å². The van der Waals surface area contributed by atoms with Gasteiger partial charge in [0.1, 0.15) is 0 Å². The standard InChI is InChI=1S/C22H27N3O/c26-22-20-17-6-3-5-16-4-1-2-10-24(21(16)17)18(20)9-13-25(22)19-14-23-11-7-15(19)8-12-23/h3,5-6,15,19H,1-2,4,7-14H2. The van der Waals surface area contributed by atoms with E-state index in [4.69, 9.17) is 0 Å². The van der Waals surface area contributed by atoms with Crippen LogP contribution in [0.15, 0.2) is 18.2 Å². The van der Waals surface area contributed by atoms with Crippen LogP contribution in [0.5, 0.6) is 0 Å². The Labute approximate surface area is 154 Å². The Kier molecular flexibility index (Phi) is 3.28. The first-order chi connectivity index (χ1) is 12.8. The van der Waals surface area contributed by atoms with Crippen molar-refractivity contribution in [3.63, 3.8) is 0 Å². The summed E-state index contributed by atoms with van der Waals surface area (Å²) in [4.78, 5) is 18.5. The molecule has 0 saturated carbocycles. The van der Waals surface area contributed by atoms with E-state index in [1.807, 2.05) is 0 Å². The second kappa shape index (κ2) is 5.59. The number of fused-ring (bicyclic) bond motifs is 6. The second-order valence-electron chi connectivity index (χ2n) is 8.70. The summed E-state index contributed by atoms with van der Waals surface area (Å²) in [7, 11) is 0. The minimum absolute atomic E-state index is 0.312. The molecule has 2 bridgehead atoms. The summed E-state index contributed by atoms with van der Waals surface area (Å²) in [6, 6.07) is 7.06. The minimum atomic E-state index is 0.312. The number of aromatic nitrogens is 1. The first kappa shape index (κ1) is 15.3. The summed E-state index contributed by atoms with van der Waals surface area (Å²) in [6.45, 7) is 5.55. The smallest absolute Gasteiger partial charge is 0.256 e. The largest absolute Gasteiger partial charge is 0.343 e. The van der Waals surface area contributed by atoms with Crippen LogP contribution in [-0.2, 0) is 19.4 Å². The molecule has 4 nitrogen and oxygen atoms in total. The molecule has 1 atom stereocenters.